The average molecular weight is 266 g/mol. The fraction of sp³-hybridized carbons (Fsp3) is 0.118. The summed E-state index contributed by atoms with van der Waals surface area (Å²) in [5, 5.41) is 0. The summed E-state index contributed by atoms with van der Waals surface area (Å²) in [6, 6.07) is 15.3. The molecule has 20 heavy (non-hydrogen) atoms. The van der Waals surface area contributed by atoms with E-state index in [1.54, 1.807) is 0 Å². The normalized spacial score (nSPS) is 13.9. The van der Waals surface area contributed by atoms with Crippen molar-refractivity contribution in [2.45, 2.75) is 0 Å². The van der Waals surface area contributed by atoms with Gasteiger partial charge in [0.25, 0.3) is 0 Å². The summed E-state index contributed by atoms with van der Waals surface area (Å²) in [6.45, 7) is 1.13. The van der Waals surface area contributed by atoms with Crippen molar-refractivity contribution in [2.75, 3.05) is 13.2 Å². The van der Waals surface area contributed by atoms with Gasteiger partial charge >= 0.3 is 0 Å². The topological polar surface area (TPSA) is 35.5 Å². The molecule has 0 amide bonds. The monoisotopic (exact) mass is 266 g/mol. The lowest BCUT2D eigenvalue weighted by Gasteiger charge is -2.18. The molecule has 3 nitrogen and oxygen atoms in total. The van der Waals surface area contributed by atoms with Crippen LogP contribution in [0.3, 0.4) is 0 Å². The highest BCUT2D eigenvalue weighted by Crippen LogP contribution is 2.31. The van der Waals surface area contributed by atoms with E-state index >= 15 is 0 Å². The van der Waals surface area contributed by atoms with Crippen LogP contribution in [0.4, 0.5) is 0 Å². The Morgan fingerprint density at radius 3 is 2.45 bits per heavy atom. The second-order valence-electron chi connectivity index (χ2n) is 4.49. The summed E-state index contributed by atoms with van der Waals surface area (Å²) in [4.78, 5) is 11.3. The van der Waals surface area contributed by atoms with Crippen LogP contribution in [0.1, 0.15) is 11.1 Å². The number of carbonyl (C=O) groups excluding carboxylic acids is 1. The summed E-state index contributed by atoms with van der Waals surface area (Å²) < 4.78 is 11.0. The zero-order chi connectivity index (χ0) is 13.8. The average Bonchev–Trinajstić information content (AvgIpc) is 2.53. The van der Waals surface area contributed by atoms with E-state index in [2.05, 4.69) is 0 Å². The minimum Gasteiger partial charge on any atom is -0.486 e. The summed E-state index contributed by atoms with van der Waals surface area (Å²) in [6.07, 6.45) is 2.71. The van der Waals surface area contributed by atoms with Gasteiger partial charge in [-0.15, -0.1) is 0 Å². The van der Waals surface area contributed by atoms with E-state index in [0.717, 1.165) is 28.9 Å². The van der Waals surface area contributed by atoms with Gasteiger partial charge in [-0.3, -0.25) is 4.79 Å². The number of hydrogen-bond donors (Lipinski definition) is 0. The molecule has 0 fully saturated rings. The molecule has 0 saturated heterocycles. The standard InChI is InChI=1S/C17H14O3/c18-12-15(14-4-2-1-3-5-14)10-13-6-7-16-17(11-13)20-9-8-19-16/h1-7,10-12H,8-9H2/b15-10-. The Morgan fingerprint density at radius 2 is 1.70 bits per heavy atom. The van der Waals surface area contributed by atoms with Crippen LogP contribution in [0.15, 0.2) is 48.5 Å². The van der Waals surface area contributed by atoms with Crippen LogP contribution in [-0.2, 0) is 4.79 Å². The van der Waals surface area contributed by atoms with E-state index in [0.29, 0.717) is 18.8 Å². The van der Waals surface area contributed by atoms with Crippen molar-refractivity contribution in [1.29, 1.82) is 0 Å². The van der Waals surface area contributed by atoms with E-state index < -0.39 is 0 Å². The molecule has 0 spiro atoms. The van der Waals surface area contributed by atoms with Crippen molar-refractivity contribution in [2.24, 2.45) is 0 Å². The molecule has 1 aliphatic rings. The number of ether oxygens (including phenoxy) is 2. The Kier molecular flexibility index (Phi) is 3.50. The molecule has 0 saturated carbocycles. The Morgan fingerprint density at radius 1 is 0.950 bits per heavy atom. The highest BCUT2D eigenvalue weighted by molar-refractivity contribution is 6.13. The Labute approximate surface area is 117 Å². The first-order valence-electron chi connectivity index (χ1n) is 6.49. The smallest absolute Gasteiger partial charge is 0.161 e. The Hall–Kier alpha value is -2.55. The number of aldehydes is 1. The molecule has 2 aromatic carbocycles. The van der Waals surface area contributed by atoms with E-state index in [1.165, 1.54) is 0 Å². The summed E-state index contributed by atoms with van der Waals surface area (Å²) in [7, 11) is 0. The van der Waals surface area contributed by atoms with Crippen LogP contribution < -0.4 is 9.47 Å². The van der Waals surface area contributed by atoms with Crippen molar-refractivity contribution in [1.82, 2.24) is 0 Å². The molecule has 1 aliphatic heterocycles. The number of rotatable bonds is 3. The Bertz CT molecular complexity index is 645. The molecule has 3 heteroatoms. The molecule has 0 bridgehead atoms. The van der Waals surface area contributed by atoms with Crippen LogP contribution in [0.2, 0.25) is 0 Å². The predicted octanol–water partition coefficient (Wildman–Crippen LogP) is 3.20. The van der Waals surface area contributed by atoms with E-state index in [4.69, 9.17) is 9.47 Å². The van der Waals surface area contributed by atoms with Crippen molar-refractivity contribution in [3.63, 3.8) is 0 Å². The molecule has 100 valence electrons. The number of allylic oxidation sites excluding steroid dienone is 1. The molecule has 0 radical (unpaired) electrons. The van der Waals surface area contributed by atoms with Gasteiger partial charge in [-0.05, 0) is 29.3 Å². The number of hydrogen-bond acceptors (Lipinski definition) is 3. The lowest BCUT2D eigenvalue weighted by atomic mass is 10.0. The summed E-state index contributed by atoms with van der Waals surface area (Å²) in [5.74, 6) is 1.48. The lowest BCUT2D eigenvalue weighted by Crippen LogP contribution is -2.15. The van der Waals surface area contributed by atoms with Gasteiger partial charge in [0, 0.05) is 5.57 Å². The number of carbonyl (C=O) groups is 1. The van der Waals surface area contributed by atoms with Crippen molar-refractivity contribution >= 4 is 17.9 Å². The van der Waals surface area contributed by atoms with Crippen LogP contribution in [0.25, 0.3) is 11.6 Å². The van der Waals surface area contributed by atoms with Crippen molar-refractivity contribution < 1.29 is 14.3 Å². The minimum absolute atomic E-state index is 0.555. The van der Waals surface area contributed by atoms with Crippen LogP contribution >= 0.6 is 0 Å². The highest BCUT2D eigenvalue weighted by atomic mass is 16.6. The molecule has 0 N–H and O–H groups in total. The molecule has 0 aromatic heterocycles. The van der Waals surface area contributed by atoms with Gasteiger partial charge in [0.2, 0.25) is 0 Å². The zero-order valence-corrected chi connectivity index (χ0v) is 10.9. The van der Waals surface area contributed by atoms with Crippen LogP contribution in [-0.4, -0.2) is 19.5 Å². The van der Waals surface area contributed by atoms with Gasteiger partial charge in [0.1, 0.15) is 13.2 Å². The van der Waals surface area contributed by atoms with Crippen molar-refractivity contribution in [3.05, 3.63) is 59.7 Å². The zero-order valence-electron chi connectivity index (χ0n) is 10.9. The largest absolute Gasteiger partial charge is 0.486 e. The van der Waals surface area contributed by atoms with Gasteiger partial charge in [0.15, 0.2) is 17.8 Å². The molecule has 1 heterocycles. The lowest BCUT2D eigenvalue weighted by molar-refractivity contribution is -0.103. The molecule has 0 atom stereocenters. The van der Waals surface area contributed by atoms with Crippen LogP contribution in [0, 0.1) is 0 Å². The number of fused-ring (bicyclic) bond motifs is 1. The predicted molar refractivity (Wildman–Crippen MR) is 77.8 cm³/mol. The fourth-order valence-electron chi connectivity index (χ4n) is 2.15. The molecular weight excluding hydrogens is 252 g/mol. The maximum Gasteiger partial charge on any atom is 0.161 e. The van der Waals surface area contributed by atoms with Gasteiger partial charge in [-0.1, -0.05) is 36.4 Å². The molecule has 0 aliphatic carbocycles. The molecule has 2 aromatic rings. The summed E-state index contributed by atoms with van der Waals surface area (Å²) in [5.41, 5.74) is 2.46. The maximum atomic E-state index is 11.3. The van der Waals surface area contributed by atoms with E-state index in [1.807, 2.05) is 54.6 Å². The quantitative estimate of drug-likeness (QED) is 0.486. The maximum absolute atomic E-state index is 11.3. The second-order valence-corrected chi connectivity index (χ2v) is 4.49. The second kappa shape index (κ2) is 5.61. The Balaban J connectivity index is 1.96. The SMILES string of the molecule is O=C/C(=C/c1ccc2c(c1)OCCO2)c1ccccc1. The van der Waals surface area contributed by atoms with E-state index in [-0.39, 0.29) is 0 Å². The fourth-order valence-corrected chi connectivity index (χ4v) is 2.15. The van der Waals surface area contributed by atoms with Gasteiger partial charge in [-0.25, -0.2) is 0 Å². The van der Waals surface area contributed by atoms with Gasteiger partial charge in [0.05, 0.1) is 0 Å². The molecule has 3 rings (SSSR count). The third-order valence-electron chi connectivity index (χ3n) is 3.12. The first-order chi connectivity index (χ1) is 9.86. The summed E-state index contributed by atoms with van der Waals surface area (Å²) >= 11 is 0. The third kappa shape index (κ3) is 2.57. The first-order valence-corrected chi connectivity index (χ1v) is 6.49. The third-order valence-corrected chi connectivity index (χ3v) is 3.12. The first kappa shape index (κ1) is 12.5. The van der Waals surface area contributed by atoms with E-state index in [9.17, 15) is 4.79 Å². The van der Waals surface area contributed by atoms with Gasteiger partial charge in [-0.2, -0.15) is 0 Å². The number of benzene rings is 2. The molecular formula is C17H14O3. The minimum atomic E-state index is 0.555. The molecule has 0 unspecified atom stereocenters. The highest BCUT2D eigenvalue weighted by Gasteiger charge is 2.11. The van der Waals surface area contributed by atoms with Crippen LogP contribution in [0.5, 0.6) is 11.5 Å². The van der Waals surface area contributed by atoms with Crippen molar-refractivity contribution in [3.8, 4) is 11.5 Å². The van der Waals surface area contributed by atoms with Gasteiger partial charge < -0.3 is 9.47 Å².